The zero-order valence-electron chi connectivity index (χ0n) is 23.3. The predicted molar refractivity (Wildman–Crippen MR) is 153 cm³/mol. The highest BCUT2D eigenvalue weighted by atomic mass is 16.5. The molecule has 2 aliphatic heterocycles. The van der Waals surface area contributed by atoms with E-state index in [1.165, 1.54) is 5.56 Å². The maximum atomic E-state index is 6.27. The quantitative estimate of drug-likeness (QED) is 0.345. The number of rotatable bonds is 11. The van der Waals surface area contributed by atoms with Crippen LogP contribution in [0.15, 0.2) is 60.7 Å². The summed E-state index contributed by atoms with van der Waals surface area (Å²) in [4.78, 5) is 14.6. The fourth-order valence-corrected chi connectivity index (χ4v) is 5.51. The van der Waals surface area contributed by atoms with Crippen LogP contribution in [-0.2, 0) is 22.5 Å². The van der Waals surface area contributed by atoms with Gasteiger partial charge in [-0.2, -0.15) is 9.97 Å². The number of nitrogens with zero attached hydrogens (tertiary/aromatic N) is 4. The summed E-state index contributed by atoms with van der Waals surface area (Å²) >= 11 is 0. The highest BCUT2D eigenvalue weighted by molar-refractivity contribution is 5.50. The minimum absolute atomic E-state index is 0.110. The Bertz CT molecular complexity index is 1170. The van der Waals surface area contributed by atoms with Gasteiger partial charge in [-0.1, -0.05) is 55.8 Å². The molecule has 3 aromatic rings. The highest BCUT2D eigenvalue weighted by Gasteiger charge is 2.36. The van der Waals surface area contributed by atoms with E-state index in [9.17, 15) is 0 Å². The van der Waals surface area contributed by atoms with Gasteiger partial charge in [-0.05, 0) is 42.5 Å². The van der Waals surface area contributed by atoms with Gasteiger partial charge in [-0.15, -0.1) is 0 Å². The summed E-state index contributed by atoms with van der Waals surface area (Å²) in [5.74, 6) is 2.97. The van der Waals surface area contributed by atoms with Gasteiger partial charge in [0, 0.05) is 32.8 Å². The second-order valence-corrected chi connectivity index (χ2v) is 10.2. The molecule has 2 fully saturated rings. The average molecular weight is 533 g/mol. The SMILES string of the molecule is CCCC1CN(c2cc(OCc3ccc(OC)cc3)nc(N3CC[C@@H](OC)[C@@H]3Cc3ccccc3)n2)CCO1. The Morgan fingerprint density at radius 3 is 2.54 bits per heavy atom. The smallest absolute Gasteiger partial charge is 0.230 e. The molecule has 39 heavy (non-hydrogen) atoms. The summed E-state index contributed by atoms with van der Waals surface area (Å²) in [6.07, 6.45) is 4.25. The van der Waals surface area contributed by atoms with E-state index in [-0.39, 0.29) is 18.2 Å². The van der Waals surface area contributed by atoms with E-state index in [1.807, 2.05) is 30.3 Å². The van der Waals surface area contributed by atoms with E-state index in [4.69, 9.17) is 28.9 Å². The maximum absolute atomic E-state index is 6.27. The Balaban J connectivity index is 1.43. The van der Waals surface area contributed by atoms with Crippen LogP contribution in [0.3, 0.4) is 0 Å². The molecule has 0 radical (unpaired) electrons. The molecule has 0 aliphatic carbocycles. The molecule has 0 bridgehead atoms. The maximum Gasteiger partial charge on any atom is 0.230 e. The molecular weight excluding hydrogens is 492 g/mol. The van der Waals surface area contributed by atoms with Crippen LogP contribution in [0.1, 0.15) is 37.3 Å². The molecule has 8 nitrogen and oxygen atoms in total. The third-order valence-corrected chi connectivity index (χ3v) is 7.63. The molecule has 3 atom stereocenters. The molecule has 0 N–H and O–H groups in total. The minimum atomic E-state index is 0.110. The summed E-state index contributed by atoms with van der Waals surface area (Å²) in [5.41, 5.74) is 2.33. The van der Waals surface area contributed by atoms with E-state index in [2.05, 4.69) is 47.1 Å². The predicted octanol–water partition coefficient (Wildman–Crippen LogP) is 4.91. The average Bonchev–Trinajstić information content (AvgIpc) is 3.39. The van der Waals surface area contributed by atoms with E-state index >= 15 is 0 Å². The van der Waals surface area contributed by atoms with Crippen molar-refractivity contribution in [1.29, 1.82) is 0 Å². The summed E-state index contributed by atoms with van der Waals surface area (Å²) in [6.45, 7) is 5.74. The van der Waals surface area contributed by atoms with Crippen molar-refractivity contribution in [3.05, 3.63) is 71.8 Å². The van der Waals surface area contributed by atoms with Crippen molar-refractivity contribution in [2.75, 3.05) is 50.3 Å². The first-order chi connectivity index (χ1) is 19.2. The lowest BCUT2D eigenvalue weighted by atomic mass is 10.0. The van der Waals surface area contributed by atoms with E-state index in [0.717, 1.165) is 62.4 Å². The first-order valence-electron chi connectivity index (χ1n) is 14.0. The van der Waals surface area contributed by atoms with Crippen molar-refractivity contribution in [3.63, 3.8) is 0 Å². The van der Waals surface area contributed by atoms with E-state index in [0.29, 0.717) is 25.0 Å². The Labute approximate surface area is 231 Å². The lowest BCUT2D eigenvalue weighted by Gasteiger charge is -2.34. The zero-order valence-corrected chi connectivity index (χ0v) is 23.3. The molecule has 2 saturated heterocycles. The van der Waals surface area contributed by atoms with Crippen LogP contribution < -0.4 is 19.3 Å². The standard InChI is InChI=1S/C31H40N4O4/c1-4-8-26-21-34(17-18-38-26)29-20-30(39-22-24-11-13-25(36-2)14-12-24)33-31(32-29)35-16-15-28(37-3)27(35)19-23-9-6-5-7-10-23/h5-7,9-14,20,26-28H,4,8,15-19,21-22H2,1-3H3/t26?,27-,28+/m0/s1. The molecule has 1 aromatic heterocycles. The van der Waals surface area contributed by atoms with Crippen LogP contribution in [0.25, 0.3) is 0 Å². The molecule has 5 rings (SSSR count). The molecule has 0 saturated carbocycles. The van der Waals surface area contributed by atoms with Gasteiger partial charge < -0.3 is 28.7 Å². The second kappa shape index (κ2) is 13.1. The monoisotopic (exact) mass is 532 g/mol. The van der Waals surface area contributed by atoms with Crippen molar-refractivity contribution in [2.24, 2.45) is 0 Å². The van der Waals surface area contributed by atoms with Gasteiger partial charge in [0.05, 0.1) is 32.0 Å². The van der Waals surface area contributed by atoms with Crippen LogP contribution in [0, 0.1) is 0 Å². The number of hydrogen-bond acceptors (Lipinski definition) is 8. The molecule has 2 aromatic carbocycles. The van der Waals surface area contributed by atoms with Crippen molar-refractivity contribution in [2.45, 2.75) is 57.5 Å². The van der Waals surface area contributed by atoms with Crippen molar-refractivity contribution < 1.29 is 18.9 Å². The molecule has 2 aliphatic rings. The summed E-state index contributed by atoms with van der Waals surface area (Å²) in [7, 11) is 3.47. The van der Waals surface area contributed by atoms with E-state index < -0.39 is 0 Å². The van der Waals surface area contributed by atoms with Gasteiger partial charge in [0.2, 0.25) is 11.8 Å². The lowest BCUT2D eigenvalue weighted by Crippen LogP contribution is -2.43. The van der Waals surface area contributed by atoms with Gasteiger partial charge in [-0.25, -0.2) is 0 Å². The second-order valence-electron chi connectivity index (χ2n) is 10.2. The Morgan fingerprint density at radius 2 is 1.79 bits per heavy atom. The van der Waals surface area contributed by atoms with Crippen LogP contribution >= 0.6 is 0 Å². The number of benzene rings is 2. The van der Waals surface area contributed by atoms with Gasteiger partial charge in [0.25, 0.3) is 0 Å². The molecule has 208 valence electrons. The Hall–Kier alpha value is -3.36. The Kier molecular flexibility index (Phi) is 9.16. The van der Waals surface area contributed by atoms with Crippen LogP contribution in [0.2, 0.25) is 0 Å². The summed E-state index contributed by atoms with van der Waals surface area (Å²) < 4.78 is 23.5. The minimum Gasteiger partial charge on any atom is -0.497 e. The summed E-state index contributed by atoms with van der Waals surface area (Å²) in [5, 5.41) is 0. The number of morpholine rings is 1. The molecule has 0 amide bonds. The van der Waals surface area contributed by atoms with Crippen molar-refractivity contribution >= 4 is 11.8 Å². The van der Waals surface area contributed by atoms with Crippen molar-refractivity contribution in [3.8, 4) is 11.6 Å². The number of ether oxygens (including phenoxy) is 4. The fraction of sp³-hybridized carbons (Fsp3) is 0.484. The molecular formula is C31H40N4O4. The van der Waals surface area contributed by atoms with E-state index in [1.54, 1.807) is 14.2 Å². The largest absolute Gasteiger partial charge is 0.497 e. The molecule has 1 unspecified atom stereocenters. The van der Waals surface area contributed by atoms with Crippen LogP contribution in [-0.4, -0.2) is 68.7 Å². The Morgan fingerprint density at radius 1 is 0.974 bits per heavy atom. The molecule has 3 heterocycles. The van der Waals surface area contributed by atoms with Gasteiger partial charge in [0.15, 0.2) is 0 Å². The number of aromatic nitrogens is 2. The molecule has 0 spiro atoms. The normalized spacial score (nSPS) is 21.3. The fourth-order valence-electron chi connectivity index (χ4n) is 5.51. The third-order valence-electron chi connectivity index (χ3n) is 7.63. The topological polar surface area (TPSA) is 69.2 Å². The lowest BCUT2D eigenvalue weighted by molar-refractivity contribution is 0.0345. The van der Waals surface area contributed by atoms with Crippen LogP contribution in [0.4, 0.5) is 11.8 Å². The number of hydrogen-bond donors (Lipinski definition) is 0. The van der Waals surface area contributed by atoms with Gasteiger partial charge in [-0.3, -0.25) is 0 Å². The van der Waals surface area contributed by atoms with Gasteiger partial charge >= 0.3 is 0 Å². The summed E-state index contributed by atoms with van der Waals surface area (Å²) in [6, 6.07) is 20.6. The first-order valence-corrected chi connectivity index (χ1v) is 14.0. The highest BCUT2D eigenvalue weighted by Crippen LogP contribution is 2.31. The third kappa shape index (κ3) is 6.81. The van der Waals surface area contributed by atoms with Gasteiger partial charge in [0.1, 0.15) is 18.2 Å². The number of anilines is 2. The van der Waals surface area contributed by atoms with Crippen molar-refractivity contribution in [1.82, 2.24) is 9.97 Å². The first kappa shape index (κ1) is 27.2. The number of methoxy groups -OCH3 is 2. The zero-order chi connectivity index (χ0) is 27.0. The van der Waals surface area contributed by atoms with Crippen LogP contribution in [0.5, 0.6) is 11.6 Å². The molecule has 8 heteroatoms.